The molecule has 1 fully saturated rings. The van der Waals surface area contributed by atoms with E-state index in [1.54, 1.807) is 26.1 Å². The maximum atomic E-state index is 14.0. The van der Waals surface area contributed by atoms with Gasteiger partial charge in [0.1, 0.15) is 17.7 Å². The summed E-state index contributed by atoms with van der Waals surface area (Å²) in [4.78, 5) is 56.3. The molecule has 1 saturated heterocycles. The molecule has 1 aliphatic rings. The van der Waals surface area contributed by atoms with Gasteiger partial charge in [-0.05, 0) is 93.3 Å². The van der Waals surface area contributed by atoms with Crippen LogP contribution in [-0.4, -0.2) is 84.8 Å². The fourth-order valence-electron chi connectivity index (χ4n) is 6.61. The van der Waals surface area contributed by atoms with Crippen LogP contribution in [0.3, 0.4) is 0 Å². The molecule has 0 aliphatic carbocycles. The van der Waals surface area contributed by atoms with Crippen LogP contribution in [0.2, 0.25) is 0 Å². The van der Waals surface area contributed by atoms with Crippen LogP contribution in [-0.2, 0) is 32.0 Å². The summed E-state index contributed by atoms with van der Waals surface area (Å²) in [6, 6.07) is 11.5. The number of hydrogen-bond acceptors (Lipinski definition) is 5. The van der Waals surface area contributed by atoms with Gasteiger partial charge in [0.05, 0.1) is 6.04 Å². The number of halogens is 2. The molecule has 3 rings (SSSR count). The fourth-order valence-corrected chi connectivity index (χ4v) is 6.61. The van der Waals surface area contributed by atoms with E-state index in [0.717, 1.165) is 62.5 Å². The summed E-state index contributed by atoms with van der Waals surface area (Å²) in [5.41, 5.74) is 1.15. The maximum Gasteiger partial charge on any atom is 0.246 e. The summed E-state index contributed by atoms with van der Waals surface area (Å²) < 4.78 is 27.3. The van der Waals surface area contributed by atoms with Crippen LogP contribution in [0, 0.1) is 17.0 Å². The van der Waals surface area contributed by atoms with Crippen LogP contribution in [0.4, 0.5) is 8.78 Å². The highest BCUT2D eigenvalue weighted by Gasteiger charge is 2.40. The van der Waals surface area contributed by atoms with Gasteiger partial charge in [0.2, 0.25) is 23.6 Å². The number of nitrogens with one attached hydrogen (secondary N) is 3. The second-order valence-electron chi connectivity index (χ2n) is 15.2. The Morgan fingerprint density at radius 2 is 1.48 bits per heavy atom. The molecule has 2 aromatic carbocycles. The van der Waals surface area contributed by atoms with Crippen molar-refractivity contribution in [3.8, 4) is 0 Å². The molecule has 3 atom stereocenters. The second-order valence-corrected chi connectivity index (χ2v) is 15.2. The molecule has 1 heterocycles. The monoisotopic (exact) mass is 725 g/mol. The summed E-state index contributed by atoms with van der Waals surface area (Å²) in [6.07, 6.45) is 8.83. The van der Waals surface area contributed by atoms with Gasteiger partial charge >= 0.3 is 0 Å². The van der Waals surface area contributed by atoms with Crippen LogP contribution in [0.15, 0.2) is 48.5 Å². The number of hydrogen-bond donors (Lipinski definition) is 3. The molecule has 0 spiro atoms. The SMILES string of the molecule is CN[C@@H](C)C(=O)N[C@H](C(=O)N1CCC[C@H]1CN(CCc1cccc(F)c1)C(=O)CCCCCCCCC(=O)NCCc1cccc(F)c1)C(C)(C)C. The van der Waals surface area contributed by atoms with Crippen molar-refractivity contribution in [3.05, 3.63) is 71.3 Å². The zero-order chi connectivity index (χ0) is 38.1. The van der Waals surface area contributed by atoms with Gasteiger partial charge in [0, 0.05) is 45.1 Å². The van der Waals surface area contributed by atoms with Crippen molar-refractivity contribution in [1.82, 2.24) is 25.8 Å². The van der Waals surface area contributed by atoms with Gasteiger partial charge in [-0.25, -0.2) is 8.78 Å². The molecule has 0 bridgehead atoms. The number of carbonyl (C=O) groups excluding carboxylic acids is 4. The number of unbranched alkanes of at least 4 members (excludes halogenated alkanes) is 5. The first kappa shape index (κ1) is 42.6. The first-order valence-corrected chi connectivity index (χ1v) is 19.1. The normalized spacial score (nSPS) is 15.6. The van der Waals surface area contributed by atoms with Crippen LogP contribution in [0.25, 0.3) is 0 Å². The third kappa shape index (κ3) is 14.6. The molecule has 4 amide bonds. The van der Waals surface area contributed by atoms with Crippen molar-refractivity contribution in [2.45, 2.75) is 123 Å². The molecule has 288 valence electrons. The zero-order valence-electron chi connectivity index (χ0n) is 31.9. The zero-order valence-corrected chi connectivity index (χ0v) is 31.9. The van der Waals surface area contributed by atoms with Crippen molar-refractivity contribution in [3.63, 3.8) is 0 Å². The Hall–Kier alpha value is -3.86. The van der Waals surface area contributed by atoms with E-state index in [4.69, 9.17) is 0 Å². The second kappa shape index (κ2) is 21.6. The first-order valence-electron chi connectivity index (χ1n) is 19.1. The minimum atomic E-state index is -0.714. The standard InChI is InChI=1S/C41H61F2N5O4/c1-30(44-5)39(51)46-38(41(2,3)4)40(52)48-25-14-19-35(48)29-47(26-23-32-16-13-18-34(43)28-32)37(50)21-11-9-7-6-8-10-20-36(49)45-24-22-31-15-12-17-33(42)27-31/h12-13,15-18,27-28,30,35,38,44H,6-11,14,19-26,29H2,1-5H3,(H,45,49)(H,46,51)/t30-,35-,38+/m0/s1. The minimum absolute atomic E-state index is 0.00457. The Kier molecular flexibility index (Phi) is 17.7. The summed E-state index contributed by atoms with van der Waals surface area (Å²) in [5.74, 6) is -0.931. The lowest BCUT2D eigenvalue weighted by atomic mass is 9.85. The van der Waals surface area contributed by atoms with E-state index in [9.17, 15) is 28.0 Å². The van der Waals surface area contributed by atoms with Gasteiger partial charge < -0.3 is 25.8 Å². The van der Waals surface area contributed by atoms with Crippen molar-refractivity contribution >= 4 is 23.6 Å². The average Bonchev–Trinajstić information content (AvgIpc) is 3.57. The molecule has 11 heteroatoms. The first-order chi connectivity index (χ1) is 24.8. The molecule has 0 saturated carbocycles. The van der Waals surface area contributed by atoms with E-state index >= 15 is 0 Å². The van der Waals surface area contributed by atoms with E-state index in [0.29, 0.717) is 51.9 Å². The highest BCUT2D eigenvalue weighted by atomic mass is 19.1. The van der Waals surface area contributed by atoms with Crippen LogP contribution >= 0.6 is 0 Å². The van der Waals surface area contributed by atoms with Crippen molar-refractivity contribution in [1.29, 1.82) is 0 Å². The van der Waals surface area contributed by atoms with E-state index in [-0.39, 0.29) is 41.3 Å². The van der Waals surface area contributed by atoms with E-state index in [1.165, 1.54) is 24.3 Å². The van der Waals surface area contributed by atoms with Crippen LogP contribution in [0.5, 0.6) is 0 Å². The molecule has 9 nitrogen and oxygen atoms in total. The van der Waals surface area contributed by atoms with Gasteiger partial charge in [-0.2, -0.15) is 0 Å². The molecule has 52 heavy (non-hydrogen) atoms. The molecule has 0 radical (unpaired) electrons. The summed E-state index contributed by atoms with van der Waals surface area (Å²) in [7, 11) is 1.70. The summed E-state index contributed by atoms with van der Waals surface area (Å²) in [6.45, 7) is 9.43. The third-order valence-electron chi connectivity index (χ3n) is 9.90. The molecule has 0 unspecified atom stereocenters. The number of likely N-dealkylation sites (tertiary alicyclic amines) is 1. The van der Waals surface area contributed by atoms with Gasteiger partial charge in [0.15, 0.2) is 0 Å². The number of nitrogens with zero attached hydrogens (tertiary/aromatic N) is 2. The lowest BCUT2D eigenvalue weighted by molar-refractivity contribution is -0.142. The van der Waals surface area contributed by atoms with Gasteiger partial charge in [0.25, 0.3) is 0 Å². The van der Waals surface area contributed by atoms with Crippen molar-refractivity contribution < 1.29 is 28.0 Å². The Morgan fingerprint density at radius 3 is 2.08 bits per heavy atom. The Bertz CT molecular complexity index is 1450. The molecule has 0 aromatic heterocycles. The molecule has 1 aliphatic heterocycles. The predicted octanol–water partition coefficient (Wildman–Crippen LogP) is 5.95. The van der Waals surface area contributed by atoms with Crippen molar-refractivity contribution in [2.24, 2.45) is 5.41 Å². The average molecular weight is 726 g/mol. The lowest BCUT2D eigenvalue weighted by Gasteiger charge is -2.37. The largest absolute Gasteiger partial charge is 0.356 e. The quantitative estimate of drug-likeness (QED) is 0.138. The van der Waals surface area contributed by atoms with Gasteiger partial charge in [-0.3, -0.25) is 19.2 Å². The number of amides is 4. The van der Waals surface area contributed by atoms with Gasteiger partial charge in [-0.1, -0.05) is 70.7 Å². The van der Waals surface area contributed by atoms with E-state index in [2.05, 4.69) is 16.0 Å². The van der Waals surface area contributed by atoms with Crippen LogP contribution < -0.4 is 16.0 Å². The van der Waals surface area contributed by atoms with Gasteiger partial charge in [-0.15, -0.1) is 0 Å². The lowest BCUT2D eigenvalue weighted by Crippen LogP contribution is -2.59. The smallest absolute Gasteiger partial charge is 0.246 e. The Labute approximate surface area is 309 Å². The predicted molar refractivity (Wildman–Crippen MR) is 201 cm³/mol. The van der Waals surface area contributed by atoms with E-state index < -0.39 is 17.5 Å². The Morgan fingerprint density at radius 1 is 0.885 bits per heavy atom. The maximum absolute atomic E-state index is 14.0. The highest BCUT2D eigenvalue weighted by Crippen LogP contribution is 2.27. The molecule has 2 aromatic rings. The van der Waals surface area contributed by atoms with Crippen molar-refractivity contribution in [2.75, 3.05) is 33.2 Å². The minimum Gasteiger partial charge on any atom is -0.356 e. The highest BCUT2D eigenvalue weighted by molar-refractivity contribution is 5.90. The number of likely N-dealkylation sites (N-methyl/N-ethyl adjacent to an activating group) is 1. The van der Waals surface area contributed by atoms with Crippen LogP contribution in [0.1, 0.15) is 103 Å². The third-order valence-corrected chi connectivity index (χ3v) is 9.90. The number of benzene rings is 2. The number of carbonyl (C=O) groups is 4. The molecule has 3 N–H and O–H groups in total. The number of rotatable bonds is 21. The molecular weight excluding hydrogens is 664 g/mol. The molecular formula is C41H61F2N5O4. The van der Waals surface area contributed by atoms with E-state index in [1.807, 2.05) is 42.7 Å². The summed E-state index contributed by atoms with van der Waals surface area (Å²) in [5, 5.41) is 8.80. The topological polar surface area (TPSA) is 111 Å². The fraction of sp³-hybridized carbons (Fsp3) is 0.610. The summed E-state index contributed by atoms with van der Waals surface area (Å²) >= 11 is 0. The Balaban J connectivity index is 1.48.